The quantitative estimate of drug-likeness (QED) is 0.721. The van der Waals surface area contributed by atoms with Crippen molar-refractivity contribution >= 4 is 33.2 Å². The van der Waals surface area contributed by atoms with Crippen LogP contribution >= 0.6 is 27.5 Å². The van der Waals surface area contributed by atoms with E-state index in [9.17, 15) is 5.11 Å². The van der Waals surface area contributed by atoms with Gasteiger partial charge in [-0.25, -0.2) is 0 Å². The normalized spacial score (nSPS) is 14.3. The number of rotatable bonds is 8. The highest BCUT2D eigenvalue weighted by molar-refractivity contribution is 9.10. The number of halogens is 2. The van der Waals surface area contributed by atoms with E-state index >= 15 is 0 Å². The van der Waals surface area contributed by atoms with Gasteiger partial charge in [-0.05, 0) is 53.4 Å². The van der Waals surface area contributed by atoms with Crippen LogP contribution in [-0.2, 0) is 4.74 Å². The molecule has 0 aromatic heterocycles. The van der Waals surface area contributed by atoms with Crippen molar-refractivity contribution in [3.8, 4) is 0 Å². The van der Waals surface area contributed by atoms with E-state index in [0.29, 0.717) is 24.1 Å². The fourth-order valence-electron chi connectivity index (χ4n) is 1.93. The molecular weight excluding hydrogens is 342 g/mol. The van der Waals surface area contributed by atoms with E-state index in [1.165, 1.54) is 0 Å². The van der Waals surface area contributed by atoms with Gasteiger partial charge in [0.2, 0.25) is 0 Å². The molecule has 0 aliphatic rings. The van der Waals surface area contributed by atoms with Crippen LogP contribution in [0.5, 0.6) is 0 Å². The largest absolute Gasteiger partial charge is 0.389 e. The number of benzene rings is 1. The molecule has 0 heterocycles. The molecule has 2 atom stereocenters. The monoisotopic (exact) mass is 363 g/mol. The van der Waals surface area contributed by atoms with Gasteiger partial charge in [0, 0.05) is 21.7 Å². The molecular formula is C15H23BrClNO2. The molecule has 2 N–H and O–H groups in total. The molecule has 1 aromatic carbocycles. The van der Waals surface area contributed by atoms with Crippen LogP contribution in [0.4, 0.5) is 5.69 Å². The molecule has 114 valence electrons. The second-order valence-corrected chi connectivity index (χ2v) is 6.72. The van der Waals surface area contributed by atoms with Crippen LogP contribution in [0.3, 0.4) is 0 Å². The smallest absolute Gasteiger partial charge is 0.0945 e. The Morgan fingerprint density at radius 1 is 1.35 bits per heavy atom. The van der Waals surface area contributed by atoms with Crippen molar-refractivity contribution in [1.29, 1.82) is 0 Å². The number of nitrogens with one attached hydrogen (secondary N) is 1. The van der Waals surface area contributed by atoms with Gasteiger partial charge < -0.3 is 15.2 Å². The molecule has 3 nitrogen and oxygen atoms in total. The Bertz CT molecular complexity index is 415. The van der Waals surface area contributed by atoms with Crippen molar-refractivity contribution in [3.63, 3.8) is 0 Å². The van der Waals surface area contributed by atoms with E-state index in [2.05, 4.69) is 35.1 Å². The minimum Gasteiger partial charge on any atom is -0.389 e. The summed E-state index contributed by atoms with van der Waals surface area (Å²) in [6, 6.07) is 5.50. The number of hydrogen-bond donors (Lipinski definition) is 2. The number of hydrogen-bond acceptors (Lipinski definition) is 3. The van der Waals surface area contributed by atoms with Crippen LogP contribution in [0.25, 0.3) is 0 Å². The summed E-state index contributed by atoms with van der Waals surface area (Å²) in [4.78, 5) is 0. The predicted molar refractivity (Wildman–Crippen MR) is 88.5 cm³/mol. The average molecular weight is 365 g/mol. The molecule has 0 aliphatic heterocycles. The van der Waals surface area contributed by atoms with Gasteiger partial charge in [0.25, 0.3) is 0 Å². The summed E-state index contributed by atoms with van der Waals surface area (Å²) in [6.07, 6.45) is 0.641. The van der Waals surface area contributed by atoms with Gasteiger partial charge in [0.1, 0.15) is 0 Å². The third kappa shape index (κ3) is 6.93. The molecule has 0 radical (unpaired) electrons. The lowest BCUT2D eigenvalue weighted by molar-refractivity contribution is -0.00444. The van der Waals surface area contributed by atoms with E-state index in [0.717, 1.165) is 16.6 Å². The van der Waals surface area contributed by atoms with E-state index in [4.69, 9.17) is 16.3 Å². The van der Waals surface area contributed by atoms with Gasteiger partial charge in [-0.15, -0.1) is 0 Å². The number of aliphatic hydroxyl groups excluding tert-OH is 1. The molecule has 0 fully saturated rings. The summed E-state index contributed by atoms with van der Waals surface area (Å²) in [5.74, 6) is 0.602. The van der Waals surface area contributed by atoms with E-state index < -0.39 is 6.10 Å². The molecule has 0 amide bonds. The lowest BCUT2D eigenvalue weighted by Crippen LogP contribution is -2.27. The minimum atomic E-state index is -0.535. The van der Waals surface area contributed by atoms with Crippen LogP contribution < -0.4 is 5.32 Å². The van der Waals surface area contributed by atoms with Crippen LogP contribution in [0.1, 0.15) is 27.2 Å². The summed E-state index contributed by atoms with van der Waals surface area (Å²) < 4.78 is 6.51. The van der Waals surface area contributed by atoms with Gasteiger partial charge >= 0.3 is 0 Å². The molecule has 0 aliphatic carbocycles. The Balaban J connectivity index is 2.30. The standard InChI is InChI=1S/C15H23BrClNO2/c1-10(2)6-11(3)20-9-13(19)8-18-15-5-4-12(17)7-14(15)16/h4-5,7,10-11,13,18-19H,6,8-9H2,1-3H3. The second kappa shape index (κ2) is 8.88. The third-order valence-electron chi connectivity index (χ3n) is 2.84. The minimum absolute atomic E-state index is 0.173. The average Bonchev–Trinajstić information content (AvgIpc) is 2.34. The van der Waals surface area contributed by atoms with Crippen molar-refractivity contribution in [3.05, 3.63) is 27.7 Å². The van der Waals surface area contributed by atoms with E-state index in [1.807, 2.05) is 25.1 Å². The fraction of sp³-hybridized carbons (Fsp3) is 0.600. The number of anilines is 1. The van der Waals surface area contributed by atoms with Crippen molar-refractivity contribution in [2.45, 2.75) is 39.4 Å². The fourth-order valence-corrected chi connectivity index (χ4v) is 2.75. The molecule has 1 rings (SSSR count). The van der Waals surface area contributed by atoms with Crippen LogP contribution in [0, 0.1) is 5.92 Å². The van der Waals surface area contributed by atoms with Gasteiger partial charge in [0.05, 0.1) is 18.8 Å². The highest BCUT2D eigenvalue weighted by Gasteiger charge is 2.10. The summed E-state index contributed by atoms with van der Waals surface area (Å²) in [6.45, 7) is 7.14. The van der Waals surface area contributed by atoms with Gasteiger partial charge in [0.15, 0.2) is 0 Å². The van der Waals surface area contributed by atoms with Crippen LogP contribution in [-0.4, -0.2) is 30.5 Å². The molecule has 0 saturated carbocycles. The first-order valence-corrected chi connectivity index (χ1v) is 8.04. The Hall–Kier alpha value is -0.290. The Morgan fingerprint density at radius 2 is 2.05 bits per heavy atom. The van der Waals surface area contributed by atoms with E-state index in [1.54, 1.807) is 0 Å². The molecule has 1 aromatic rings. The van der Waals surface area contributed by atoms with Crippen molar-refractivity contribution < 1.29 is 9.84 Å². The Labute approximate surface area is 134 Å². The molecule has 20 heavy (non-hydrogen) atoms. The summed E-state index contributed by atoms with van der Waals surface area (Å²) in [5.41, 5.74) is 0.906. The first-order chi connectivity index (χ1) is 9.38. The molecule has 5 heteroatoms. The lowest BCUT2D eigenvalue weighted by atomic mass is 10.1. The Kier molecular flexibility index (Phi) is 7.88. The highest BCUT2D eigenvalue weighted by atomic mass is 79.9. The zero-order valence-corrected chi connectivity index (χ0v) is 14.5. The van der Waals surface area contributed by atoms with Crippen LogP contribution in [0.15, 0.2) is 22.7 Å². The topological polar surface area (TPSA) is 41.5 Å². The third-order valence-corrected chi connectivity index (χ3v) is 3.73. The molecule has 0 saturated heterocycles. The maximum atomic E-state index is 9.91. The maximum Gasteiger partial charge on any atom is 0.0945 e. The molecule has 2 unspecified atom stereocenters. The van der Waals surface area contributed by atoms with Crippen molar-refractivity contribution in [2.75, 3.05) is 18.5 Å². The van der Waals surface area contributed by atoms with Gasteiger partial charge in [-0.1, -0.05) is 25.4 Å². The highest BCUT2D eigenvalue weighted by Crippen LogP contribution is 2.25. The van der Waals surface area contributed by atoms with E-state index in [-0.39, 0.29) is 6.10 Å². The molecule has 0 bridgehead atoms. The summed E-state index contributed by atoms with van der Waals surface area (Å²) >= 11 is 9.31. The van der Waals surface area contributed by atoms with Crippen molar-refractivity contribution in [1.82, 2.24) is 0 Å². The SMILES string of the molecule is CC(C)CC(C)OCC(O)CNc1ccc(Cl)cc1Br. The number of ether oxygens (including phenoxy) is 1. The lowest BCUT2D eigenvalue weighted by Gasteiger charge is -2.19. The summed E-state index contributed by atoms with van der Waals surface area (Å²) in [5, 5.41) is 13.8. The predicted octanol–water partition coefficient (Wildman–Crippen LogP) is 4.33. The summed E-state index contributed by atoms with van der Waals surface area (Å²) in [7, 11) is 0. The zero-order valence-electron chi connectivity index (χ0n) is 12.2. The molecule has 0 spiro atoms. The maximum absolute atomic E-state index is 9.91. The van der Waals surface area contributed by atoms with Gasteiger partial charge in [-0.2, -0.15) is 0 Å². The second-order valence-electron chi connectivity index (χ2n) is 5.43. The van der Waals surface area contributed by atoms with Crippen molar-refractivity contribution in [2.24, 2.45) is 5.92 Å². The Morgan fingerprint density at radius 3 is 2.65 bits per heavy atom. The first kappa shape index (κ1) is 17.8. The van der Waals surface area contributed by atoms with Gasteiger partial charge in [-0.3, -0.25) is 0 Å². The first-order valence-electron chi connectivity index (χ1n) is 6.87. The number of aliphatic hydroxyl groups is 1. The van der Waals surface area contributed by atoms with Crippen LogP contribution in [0.2, 0.25) is 5.02 Å². The zero-order chi connectivity index (χ0) is 15.1.